The summed E-state index contributed by atoms with van der Waals surface area (Å²) in [4.78, 5) is 24.5. The molecule has 1 unspecified atom stereocenters. The van der Waals surface area contributed by atoms with E-state index < -0.39 is 0 Å². The van der Waals surface area contributed by atoms with Crippen LogP contribution in [0.3, 0.4) is 0 Å². The smallest absolute Gasteiger partial charge is 0.258 e. The van der Waals surface area contributed by atoms with Crippen LogP contribution in [0.25, 0.3) is 10.8 Å². The number of pyridine rings is 1. The van der Waals surface area contributed by atoms with Gasteiger partial charge < -0.3 is 14.6 Å². The molecule has 0 spiro atoms. The Bertz CT molecular complexity index is 730. The van der Waals surface area contributed by atoms with Gasteiger partial charge in [-0.1, -0.05) is 18.2 Å². The molecule has 0 aliphatic carbocycles. The van der Waals surface area contributed by atoms with Gasteiger partial charge in [-0.05, 0) is 18.9 Å². The van der Waals surface area contributed by atoms with Gasteiger partial charge in [0.2, 0.25) is 0 Å². The van der Waals surface area contributed by atoms with Gasteiger partial charge in [0.05, 0.1) is 11.7 Å². The highest BCUT2D eigenvalue weighted by Crippen LogP contribution is 2.15. The topological polar surface area (TPSA) is 60.3 Å². The van der Waals surface area contributed by atoms with Crippen molar-refractivity contribution in [2.45, 2.75) is 18.9 Å². The van der Waals surface area contributed by atoms with Gasteiger partial charge >= 0.3 is 0 Å². The predicted molar refractivity (Wildman–Crippen MR) is 80.5 cm³/mol. The van der Waals surface area contributed by atoms with Gasteiger partial charge in [0, 0.05) is 37.2 Å². The quantitative estimate of drug-likeness (QED) is 0.929. The lowest BCUT2D eigenvalue weighted by molar-refractivity contribution is 0.0858. The van der Waals surface area contributed by atoms with Gasteiger partial charge in [-0.25, -0.2) is 0 Å². The summed E-state index contributed by atoms with van der Waals surface area (Å²) in [7, 11) is 1.66. The van der Waals surface area contributed by atoms with Crippen molar-refractivity contribution in [3.05, 3.63) is 46.4 Å². The number of aromatic nitrogens is 1. The number of nitrogens with one attached hydrogen (secondary N) is 1. The molecular weight excluding hydrogens is 268 g/mol. The molecule has 2 heterocycles. The average molecular weight is 286 g/mol. The summed E-state index contributed by atoms with van der Waals surface area (Å²) in [5.41, 5.74) is 0.423. The lowest BCUT2D eigenvalue weighted by Crippen LogP contribution is -2.33. The minimum atomic E-state index is -0.169. The first-order valence-electron chi connectivity index (χ1n) is 7.15. The van der Waals surface area contributed by atoms with Crippen molar-refractivity contribution in [2.24, 2.45) is 7.05 Å². The second-order valence-corrected chi connectivity index (χ2v) is 5.35. The van der Waals surface area contributed by atoms with Crippen LogP contribution in [-0.2, 0) is 11.8 Å². The predicted octanol–water partition coefficient (Wildman–Crippen LogP) is 1.45. The summed E-state index contributed by atoms with van der Waals surface area (Å²) in [5.74, 6) is -0.169. The van der Waals surface area contributed by atoms with Crippen molar-refractivity contribution < 1.29 is 9.53 Å². The molecule has 1 aliphatic rings. The fourth-order valence-electron chi connectivity index (χ4n) is 2.70. The number of amides is 1. The number of hydrogen-bond acceptors (Lipinski definition) is 3. The van der Waals surface area contributed by atoms with Gasteiger partial charge in [-0.15, -0.1) is 0 Å². The normalized spacial score (nSPS) is 18.0. The number of carbonyl (C=O) groups is 1. The highest BCUT2D eigenvalue weighted by molar-refractivity contribution is 6.06. The van der Waals surface area contributed by atoms with E-state index in [1.54, 1.807) is 31.4 Å². The molecule has 1 amide bonds. The number of rotatable bonds is 3. The van der Waals surface area contributed by atoms with Crippen molar-refractivity contribution in [2.75, 3.05) is 13.2 Å². The van der Waals surface area contributed by atoms with Crippen molar-refractivity contribution in [3.63, 3.8) is 0 Å². The molecule has 1 aromatic heterocycles. The Morgan fingerprint density at radius 2 is 2.14 bits per heavy atom. The zero-order chi connectivity index (χ0) is 14.8. The molecule has 21 heavy (non-hydrogen) atoms. The molecular formula is C16H18N2O3. The maximum Gasteiger partial charge on any atom is 0.258 e. The van der Waals surface area contributed by atoms with Gasteiger partial charge in [0.25, 0.3) is 11.5 Å². The van der Waals surface area contributed by atoms with Crippen LogP contribution in [0.5, 0.6) is 0 Å². The first-order chi connectivity index (χ1) is 10.2. The van der Waals surface area contributed by atoms with Gasteiger partial charge in [0.1, 0.15) is 0 Å². The first kappa shape index (κ1) is 13.8. The van der Waals surface area contributed by atoms with Crippen LogP contribution in [0, 0.1) is 0 Å². The summed E-state index contributed by atoms with van der Waals surface area (Å²) >= 11 is 0. The molecule has 5 heteroatoms. The summed E-state index contributed by atoms with van der Waals surface area (Å²) in [6.45, 7) is 1.28. The molecule has 0 radical (unpaired) electrons. The summed E-state index contributed by atoms with van der Waals surface area (Å²) in [6.07, 6.45) is 3.72. The highest BCUT2D eigenvalue weighted by atomic mass is 16.5. The molecule has 110 valence electrons. The van der Waals surface area contributed by atoms with E-state index in [1.807, 2.05) is 6.07 Å². The minimum absolute atomic E-state index is 0.0960. The van der Waals surface area contributed by atoms with E-state index in [2.05, 4.69) is 5.32 Å². The fraction of sp³-hybridized carbons (Fsp3) is 0.375. The highest BCUT2D eigenvalue weighted by Gasteiger charge is 2.18. The van der Waals surface area contributed by atoms with E-state index in [9.17, 15) is 9.59 Å². The SMILES string of the molecule is Cn1cc(C(=O)NCC2CCCO2)c2ccccc2c1=O. The van der Waals surface area contributed by atoms with Gasteiger partial charge in [-0.3, -0.25) is 9.59 Å². The van der Waals surface area contributed by atoms with Crippen molar-refractivity contribution >= 4 is 16.7 Å². The summed E-state index contributed by atoms with van der Waals surface area (Å²) in [6, 6.07) is 7.18. The van der Waals surface area contributed by atoms with Crippen molar-refractivity contribution in [3.8, 4) is 0 Å². The van der Waals surface area contributed by atoms with E-state index in [0.717, 1.165) is 19.4 Å². The Morgan fingerprint density at radius 1 is 1.38 bits per heavy atom. The third kappa shape index (κ3) is 2.69. The van der Waals surface area contributed by atoms with Crippen LogP contribution in [0.15, 0.2) is 35.3 Å². The zero-order valence-electron chi connectivity index (χ0n) is 12.0. The average Bonchev–Trinajstić information content (AvgIpc) is 3.02. The van der Waals surface area contributed by atoms with Crippen LogP contribution in [-0.4, -0.2) is 29.7 Å². The standard InChI is InChI=1S/C16H18N2O3/c1-18-10-14(12-6-2-3-7-13(12)16(18)20)15(19)17-9-11-5-4-8-21-11/h2-3,6-7,10-11H,4-5,8-9H2,1H3,(H,17,19). The molecule has 2 aromatic rings. The van der Waals surface area contributed by atoms with Crippen LogP contribution in [0.2, 0.25) is 0 Å². The van der Waals surface area contributed by atoms with Gasteiger partial charge in [0.15, 0.2) is 0 Å². The number of ether oxygens (including phenoxy) is 1. The second kappa shape index (κ2) is 5.69. The van der Waals surface area contributed by atoms with Crippen LogP contribution < -0.4 is 10.9 Å². The number of hydrogen-bond donors (Lipinski definition) is 1. The van der Waals surface area contributed by atoms with E-state index in [0.29, 0.717) is 22.9 Å². The van der Waals surface area contributed by atoms with Crippen LogP contribution in [0.1, 0.15) is 23.2 Å². The van der Waals surface area contributed by atoms with E-state index >= 15 is 0 Å². The number of aryl methyl sites for hydroxylation is 1. The molecule has 1 fully saturated rings. The Kier molecular flexibility index (Phi) is 3.75. The van der Waals surface area contributed by atoms with E-state index in [1.165, 1.54) is 4.57 Å². The molecule has 1 aliphatic heterocycles. The van der Waals surface area contributed by atoms with Gasteiger partial charge in [-0.2, -0.15) is 0 Å². The molecule has 1 aromatic carbocycles. The number of fused-ring (bicyclic) bond motifs is 1. The Hall–Kier alpha value is -2.14. The third-order valence-corrected chi connectivity index (χ3v) is 3.85. The molecule has 1 atom stereocenters. The zero-order valence-corrected chi connectivity index (χ0v) is 12.0. The Labute approximate surface area is 122 Å². The largest absolute Gasteiger partial charge is 0.376 e. The van der Waals surface area contributed by atoms with Crippen LogP contribution in [0.4, 0.5) is 0 Å². The second-order valence-electron chi connectivity index (χ2n) is 5.35. The molecule has 0 saturated carbocycles. The van der Waals surface area contributed by atoms with Crippen LogP contribution >= 0.6 is 0 Å². The molecule has 0 bridgehead atoms. The van der Waals surface area contributed by atoms with E-state index in [-0.39, 0.29) is 17.6 Å². The maximum atomic E-state index is 12.4. The Balaban J connectivity index is 1.90. The lowest BCUT2D eigenvalue weighted by Gasteiger charge is -2.13. The Morgan fingerprint density at radius 3 is 2.86 bits per heavy atom. The number of nitrogens with zero attached hydrogens (tertiary/aromatic N) is 1. The molecule has 1 N–H and O–H groups in total. The number of benzene rings is 1. The summed E-state index contributed by atoms with van der Waals surface area (Å²) in [5, 5.41) is 4.15. The fourth-order valence-corrected chi connectivity index (χ4v) is 2.70. The van der Waals surface area contributed by atoms with Crippen molar-refractivity contribution in [1.82, 2.24) is 9.88 Å². The lowest BCUT2D eigenvalue weighted by atomic mass is 10.1. The maximum absolute atomic E-state index is 12.4. The van der Waals surface area contributed by atoms with Crippen molar-refractivity contribution in [1.29, 1.82) is 0 Å². The minimum Gasteiger partial charge on any atom is -0.376 e. The summed E-state index contributed by atoms with van der Waals surface area (Å²) < 4.78 is 6.95. The first-order valence-corrected chi connectivity index (χ1v) is 7.15. The monoisotopic (exact) mass is 286 g/mol. The molecule has 3 rings (SSSR count). The van der Waals surface area contributed by atoms with E-state index in [4.69, 9.17) is 4.74 Å². The molecule has 5 nitrogen and oxygen atoms in total. The third-order valence-electron chi connectivity index (χ3n) is 3.85. The molecule has 1 saturated heterocycles. The number of carbonyl (C=O) groups excluding carboxylic acids is 1.